The Kier molecular flexibility index (Phi) is 4.50. The van der Waals surface area contributed by atoms with E-state index in [-0.39, 0.29) is 18.2 Å². The number of anilines is 1. The molecule has 1 aromatic carbocycles. The largest absolute Gasteiger partial charge is 0.481 e. The van der Waals surface area contributed by atoms with E-state index in [0.29, 0.717) is 11.4 Å². The fourth-order valence-electron chi connectivity index (χ4n) is 2.65. The number of nitrogens with zero attached hydrogens (tertiary/aromatic N) is 2. The molecule has 0 saturated heterocycles. The molecule has 0 fully saturated rings. The lowest BCUT2D eigenvalue weighted by atomic mass is 9.92. The molecular weight excluding hydrogens is 332 g/mol. The highest BCUT2D eigenvalue weighted by Gasteiger charge is 2.37. The lowest BCUT2D eigenvalue weighted by Gasteiger charge is -2.34. The van der Waals surface area contributed by atoms with Gasteiger partial charge < -0.3 is 14.7 Å². The van der Waals surface area contributed by atoms with Gasteiger partial charge >= 0.3 is 5.97 Å². The summed E-state index contributed by atoms with van der Waals surface area (Å²) in [7, 11) is 0. The number of pyridine rings is 1. The summed E-state index contributed by atoms with van der Waals surface area (Å²) in [5, 5.41) is 9.47. The number of benzene rings is 1. The van der Waals surface area contributed by atoms with Crippen molar-refractivity contribution in [2.75, 3.05) is 11.4 Å². The van der Waals surface area contributed by atoms with Crippen molar-refractivity contribution in [3.05, 3.63) is 59.6 Å². The maximum absolute atomic E-state index is 13.0. The van der Waals surface area contributed by atoms with Gasteiger partial charge in [-0.2, -0.15) is 0 Å². The molecule has 26 heavy (non-hydrogen) atoms. The molecule has 6 nitrogen and oxygen atoms in total. The third-order valence-corrected chi connectivity index (χ3v) is 4.22. The first-order valence-electron chi connectivity index (χ1n) is 8.23. The van der Waals surface area contributed by atoms with Crippen molar-refractivity contribution in [1.82, 2.24) is 4.98 Å². The van der Waals surface area contributed by atoms with Gasteiger partial charge in [0.1, 0.15) is 0 Å². The molecular formula is C20H20N2O4. The fourth-order valence-corrected chi connectivity index (χ4v) is 2.65. The molecule has 0 bridgehead atoms. The number of carbonyl (C=O) groups is 2. The maximum atomic E-state index is 13.0. The third-order valence-electron chi connectivity index (χ3n) is 4.22. The lowest BCUT2D eigenvalue weighted by molar-refractivity contribution is -0.146. The number of rotatable bonds is 4. The van der Waals surface area contributed by atoms with Gasteiger partial charge in [0.25, 0.3) is 5.91 Å². The molecule has 1 amide bonds. The zero-order chi connectivity index (χ0) is 18.9. The molecule has 1 aliphatic heterocycles. The van der Waals surface area contributed by atoms with E-state index >= 15 is 0 Å². The van der Waals surface area contributed by atoms with Crippen LogP contribution in [0.3, 0.4) is 0 Å². The summed E-state index contributed by atoms with van der Waals surface area (Å²) >= 11 is 0. The Morgan fingerprint density at radius 1 is 1.27 bits per heavy atom. The van der Waals surface area contributed by atoms with Gasteiger partial charge in [0.05, 0.1) is 11.1 Å². The molecule has 0 saturated carbocycles. The van der Waals surface area contributed by atoms with Crippen LogP contribution < -0.4 is 9.64 Å². The van der Waals surface area contributed by atoms with Crippen LogP contribution in [0.1, 0.15) is 25.0 Å². The normalized spacial score (nSPS) is 15.6. The van der Waals surface area contributed by atoms with E-state index in [0.717, 1.165) is 11.1 Å². The summed E-state index contributed by atoms with van der Waals surface area (Å²) in [6.07, 6.45) is 4.89. The second-order valence-corrected chi connectivity index (χ2v) is 6.94. The average molecular weight is 352 g/mol. The van der Waals surface area contributed by atoms with E-state index in [2.05, 4.69) is 4.98 Å². The third kappa shape index (κ3) is 3.44. The van der Waals surface area contributed by atoms with Crippen LogP contribution in [-0.4, -0.2) is 28.5 Å². The molecule has 1 aliphatic rings. The van der Waals surface area contributed by atoms with Gasteiger partial charge in [-0.3, -0.25) is 14.6 Å². The molecule has 0 unspecified atom stereocenters. The summed E-state index contributed by atoms with van der Waals surface area (Å²) in [6.45, 7) is 5.14. The van der Waals surface area contributed by atoms with Crippen molar-refractivity contribution in [2.45, 2.75) is 20.8 Å². The van der Waals surface area contributed by atoms with Crippen LogP contribution in [0.4, 0.5) is 5.69 Å². The molecule has 2 heterocycles. The number of ether oxygens (including phenoxy) is 1. The highest BCUT2D eigenvalue weighted by Crippen LogP contribution is 2.38. The molecule has 1 aromatic heterocycles. The number of hydrogen-bond acceptors (Lipinski definition) is 4. The van der Waals surface area contributed by atoms with E-state index < -0.39 is 11.4 Å². The molecule has 3 rings (SSSR count). The van der Waals surface area contributed by atoms with E-state index in [4.69, 9.17) is 4.74 Å². The van der Waals surface area contributed by atoms with E-state index in [9.17, 15) is 14.7 Å². The number of fused-ring (bicyclic) bond motifs is 1. The van der Waals surface area contributed by atoms with Crippen LogP contribution in [-0.2, 0) is 9.59 Å². The standard InChI is InChI=1S/C20H20N2O4/c1-13-4-5-16-15(10-13)22(12-20(2,3)19(24)25)18(23)17(26-16)11-14-6-8-21-9-7-14/h4-11H,12H2,1-3H3,(H,24,25)/b17-11+. The van der Waals surface area contributed by atoms with Crippen molar-refractivity contribution in [3.63, 3.8) is 0 Å². The predicted octanol–water partition coefficient (Wildman–Crippen LogP) is 3.27. The number of carboxylic acid groups (broad SMARTS) is 1. The molecule has 1 N–H and O–H groups in total. The molecule has 6 heteroatoms. The van der Waals surface area contributed by atoms with Crippen LogP contribution in [0.15, 0.2) is 48.5 Å². The first kappa shape index (κ1) is 17.7. The molecule has 2 aromatic rings. The number of amides is 1. The SMILES string of the molecule is Cc1ccc2c(c1)N(CC(C)(C)C(=O)O)C(=O)/C(=C\c1ccncc1)O2. The second-order valence-electron chi connectivity index (χ2n) is 6.94. The van der Waals surface area contributed by atoms with Crippen molar-refractivity contribution < 1.29 is 19.4 Å². The predicted molar refractivity (Wildman–Crippen MR) is 97.8 cm³/mol. The van der Waals surface area contributed by atoms with E-state index in [1.807, 2.05) is 19.1 Å². The van der Waals surface area contributed by atoms with Crippen molar-refractivity contribution >= 4 is 23.6 Å². The monoisotopic (exact) mass is 352 g/mol. The number of carbonyl (C=O) groups excluding carboxylic acids is 1. The zero-order valence-electron chi connectivity index (χ0n) is 14.9. The summed E-state index contributed by atoms with van der Waals surface area (Å²) in [4.78, 5) is 30.0. The van der Waals surface area contributed by atoms with Crippen molar-refractivity contribution in [2.24, 2.45) is 5.41 Å². The minimum Gasteiger partial charge on any atom is -0.481 e. The van der Waals surface area contributed by atoms with Crippen LogP contribution in [0.5, 0.6) is 5.75 Å². The summed E-state index contributed by atoms with van der Waals surface area (Å²) < 4.78 is 5.81. The van der Waals surface area contributed by atoms with E-state index in [1.165, 1.54) is 4.90 Å². The Morgan fingerprint density at radius 2 is 1.96 bits per heavy atom. The Bertz CT molecular complexity index is 888. The summed E-state index contributed by atoms with van der Waals surface area (Å²) in [5.74, 6) is -0.662. The van der Waals surface area contributed by atoms with Gasteiger partial charge in [0.15, 0.2) is 11.5 Å². The number of hydrogen-bond donors (Lipinski definition) is 1. The minimum absolute atomic E-state index is 0.0364. The quantitative estimate of drug-likeness (QED) is 0.854. The highest BCUT2D eigenvalue weighted by atomic mass is 16.5. The molecule has 0 radical (unpaired) electrons. The van der Waals surface area contributed by atoms with Gasteiger partial charge in [0, 0.05) is 18.9 Å². The topological polar surface area (TPSA) is 79.7 Å². The van der Waals surface area contributed by atoms with Gasteiger partial charge in [-0.1, -0.05) is 6.07 Å². The molecule has 0 spiro atoms. The maximum Gasteiger partial charge on any atom is 0.310 e. The van der Waals surface area contributed by atoms with Gasteiger partial charge in [-0.15, -0.1) is 0 Å². The Balaban J connectivity index is 2.06. The van der Waals surface area contributed by atoms with Crippen LogP contribution in [0.25, 0.3) is 6.08 Å². The second kappa shape index (κ2) is 6.63. The Morgan fingerprint density at radius 3 is 2.62 bits per heavy atom. The minimum atomic E-state index is -1.10. The lowest BCUT2D eigenvalue weighted by Crippen LogP contribution is -2.45. The van der Waals surface area contributed by atoms with Crippen LogP contribution in [0, 0.1) is 12.3 Å². The Hall–Kier alpha value is -3.15. The first-order valence-corrected chi connectivity index (χ1v) is 8.23. The molecule has 134 valence electrons. The Labute approximate surface area is 151 Å². The molecule has 0 atom stereocenters. The smallest absolute Gasteiger partial charge is 0.310 e. The fraction of sp³-hybridized carbons (Fsp3) is 0.250. The van der Waals surface area contributed by atoms with Crippen LogP contribution >= 0.6 is 0 Å². The summed E-state index contributed by atoms with van der Waals surface area (Å²) in [6, 6.07) is 9.03. The average Bonchev–Trinajstić information content (AvgIpc) is 2.60. The highest BCUT2D eigenvalue weighted by molar-refractivity contribution is 6.10. The first-order chi connectivity index (χ1) is 12.3. The number of aromatic nitrogens is 1. The number of carboxylic acids is 1. The number of aryl methyl sites for hydroxylation is 1. The number of aliphatic carboxylic acids is 1. The van der Waals surface area contributed by atoms with Crippen molar-refractivity contribution in [1.29, 1.82) is 0 Å². The zero-order valence-corrected chi connectivity index (χ0v) is 14.9. The van der Waals surface area contributed by atoms with Crippen LogP contribution in [0.2, 0.25) is 0 Å². The molecule has 0 aliphatic carbocycles. The van der Waals surface area contributed by atoms with Crippen molar-refractivity contribution in [3.8, 4) is 5.75 Å². The van der Waals surface area contributed by atoms with E-state index in [1.54, 1.807) is 50.5 Å². The van der Waals surface area contributed by atoms with Gasteiger partial charge in [0.2, 0.25) is 0 Å². The summed E-state index contributed by atoms with van der Waals surface area (Å²) in [5.41, 5.74) is 1.21. The van der Waals surface area contributed by atoms with Gasteiger partial charge in [-0.05, 0) is 62.2 Å². The van der Waals surface area contributed by atoms with Gasteiger partial charge in [-0.25, -0.2) is 0 Å².